The van der Waals surface area contributed by atoms with Crippen molar-refractivity contribution in [2.75, 3.05) is 5.73 Å². The van der Waals surface area contributed by atoms with Gasteiger partial charge in [-0.1, -0.05) is 66.7 Å². The van der Waals surface area contributed by atoms with E-state index in [-0.39, 0.29) is 95.9 Å². The van der Waals surface area contributed by atoms with Gasteiger partial charge in [-0.3, -0.25) is 59.3 Å². The molecule has 8 heterocycles. The molecule has 4 amide bonds. The van der Waals surface area contributed by atoms with Crippen LogP contribution in [0.4, 0.5) is 40.3 Å². The summed E-state index contributed by atoms with van der Waals surface area (Å²) in [7, 11) is 0. The zero-order valence-corrected chi connectivity index (χ0v) is 64.5. The Morgan fingerprint density at radius 3 is 0.967 bits per heavy atom. The van der Waals surface area contributed by atoms with E-state index in [0.717, 1.165) is 73.0 Å². The Morgan fingerprint density at radius 2 is 0.658 bits per heavy atom. The zero-order chi connectivity index (χ0) is 85.2. The maximum Gasteiger partial charge on any atom is 0.291 e. The zero-order valence-electron chi connectivity index (χ0n) is 64.5. The molecule has 2 atom stereocenters. The van der Waals surface area contributed by atoms with E-state index in [1.807, 2.05) is 60.7 Å². The van der Waals surface area contributed by atoms with Crippen LogP contribution in [0.2, 0.25) is 0 Å². The Kier molecular flexibility index (Phi) is 25.6. The number of nitrogen functional groups attached to an aromatic ring is 1. The fourth-order valence-electron chi connectivity index (χ4n) is 14.3. The molecule has 0 aliphatic carbocycles. The Bertz CT molecular complexity index is 5960. The number of hydrogen-bond donors (Lipinski definition) is 4. The van der Waals surface area contributed by atoms with Gasteiger partial charge in [0.15, 0.2) is 0 Å². The van der Waals surface area contributed by atoms with Gasteiger partial charge in [-0.05, 0) is 209 Å². The number of halogens is 4. The Labute approximate surface area is 683 Å². The van der Waals surface area contributed by atoms with Crippen molar-refractivity contribution in [3.63, 3.8) is 0 Å². The fraction of sp³-hybridized carbons (Fsp3) is 0.189. The van der Waals surface area contributed by atoms with E-state index < -0.39 is 44.4 Å². The van der Waals surface area contributed by atoms with Crippen LogP contribution in [0.5, 0.6) is 0 Å². The van der Waals surface area contributed by atoms with E-state index in [2.05, 4.69) is 19.9 Å². The van der Waals surface area contributed by atoms with Crippen molar-refractivity contribution in [2.45, 2.75) is 111 Å². The number of aromatic nitrogens is 4. The van der Waals surface area contributed by atoms with Crippen LogP contribution in [-0.2, 0) is 104 Å². The monoisotopic (exact) mass is 1620 g/mol. The maximum atomic E-state index is 13.2. The number of nitrogens with zero attached hydrogens (tertiary/aromatic N) is 11. The van der Waals surface area contributed by atoms with Gasteiger partial charge in [-0.25, -0.2) is 32.5 Å². The lowest BCUT2D eigenvalue weighted by atomic mass is 10.0. The minimum atomic E-state index is -0.601. The lowest BCUT2D eigenvalue weighted by Crippen LogP contribution is -2.27. The number of hydrogen-bond acceptors (Lipinski definition) is 19. The van der Waals surface area contributed by atoms with Crippen LogP contribution in [0.25, 0.3) is 45.0 Å². The summed E-state index contributed by atoms with van der Waals surface area (Å²) in [4.78, 5) is 119. The molecule has 0 bridgehead atoms. The molecule has 12 aromatic rings. The summed E-state index contributed by atoms with van der Waals surface area (Å²) in [5.74, 6) is -2.41. The van der Waals surface area contributed by atoms with Gasteiger partial charge in [0.25, 0.3) is 17.1 Å². The van der Waals surface area contributed by atoms with E-state index in [1.54, 1.807) is 69.8 Å². The molecule has 16 rings (SSSR count). The molecule has 0 saturated heterocycles. The van der Waals surface area contributed by atoms with Gasteiger partial charge in [-0.15, -0.1) is 0 Å². The largest absolute Gasteiger partial charge is 0.397 e. The molecule has 4 aromatic heterocycles. The summed E-state index contributed by atoms with van der Waals surface area (Å²) in [6.45, 7) is 6.64. The predicted octanol–water partition coefficient (Wildman–Crippen LogP) is 14.6. The van der Waals surface area contributed by atoms with Gasteiger partial charge >= 0.3 is 0 Å². The highest BCUT2D eigenvalue weighted by molar-refractivity contribution is 5.84. The molecule has 0 fully saturated rings. The van der Waals surface area contributed by atoms with E-state index in [0.29, 0.717) is 109 Å². The molecular formula is C90H76F4N12O14. The molecule has 5 N–H and O–H groups in total. The van der Waals surface area contributed by atoms with Gasteiger partial charge in [0.2, 0.25) is 23.6 Å². The van der Waals surface area contributed by atoms with Crippen molar-refractivity contribution >= 4 is 52.7 Å². The number of amides is 4. The molecule has 608 valence electrons. The molecule has 8 aromatic carbocycles. The molecule has 2 unspecified atom stereocenters. The van der Waals surface area contributed by atoms with E-state index in [1.165, 1.54) is 121 Å². The van der Waals surface area contributed by atoms with E-state index in [9.17, 15) is 87.2 Å². The SMILES string of the molecule is CC(O)c1ccc2c(c1)CN(C(=O)Cc1nc(-c3ccc(F)cc3)ccc1N)C2.CC(O)c1ccc2c(c1)CN(C(=O)Cc1nc(-c3ccc(F)cc3)ccc1[N+](=O)[O-])C2.O=C(Cc1nc(-c2ccc(F)cc2)ccc1[N+](=O)[O-])N1Cc2ccc(CO)cc2C1.O=Cc1ccc2c(c1)CN(C(=O)Cc1nc(-c3ccc(F)cc3)ccc1[N+](=O)[O-])C2. The lowest BCUT2D eigenvalue weighted by Gasteiger charge is -2.16. The fourth-order valence-corrected chi connectivity index (χ4v) is 14.3. The highest BCUT2D eigenvalue weighted by Gasteiger charge is 2.32. The number of aliphatic hydroxyl groups excluding tert-OH is 3. The summed E-state index contributed by atoms with van der Waals surface area (Å²) >= 11 is 0. The molecule has 0 saturated carbocycles. The second kappa shape index (κ2) is 36.8. The summed E-state index contributed by atoms with van der Waals surface area (Å²) in [5, 5.41) is 63.1. The third-order valence-electron chi connectivity index (χ3n) is 20.8. The minimum Gasteiger partial charge on any atom is -0.397 e. The number of nitro groups is 3. The highest BCUT2D eigenvalue weighted by Crippen LogP contribution is 2.35. The molecule has 0 radical (unpaired) electrons. The normalized spacial score (nSPS) is 13.2. The second-order valence-electron chi connectivity index (χ2n) is 29.0. The van der Waals surface area contributed by atoms with Crippen molar-refractivity contribution in [2.24, 2.45) is 0 Å². The first kappa shape index (κ1) is 83.5. The number of fused-ring (bicyclic) bond motifs is 4. The number of carbonyl (C=O) groups is 5. The third kappa shape index (κ3) is 19.9. The van der Waals surface area contributed by atoms with Crippen LogP contribution in [0.1, 0.15) is 120 Å². The van der Waals surface area contributed by atoms with Crippen molar-refractivity contribution in [1.29, 1.82) is 0 Å². The Balaban J connectivity index is 0.000000138. The molecule has 0 spiro atoms. The quantitative estimate of drug-likeness (QED) is 0.0253. The van der Waals surface area contributed by atoms with Gasteiger partial charge < -0.3 is 40.7 Å². The van der Waals surface area contributed by atoms with Crippen LogP contribution in [0.15, 0.2) is 218 Å². The van der Waals surface area contributed by atoms with Crippen LogP contribution in [-0.4, -0.2) is 99.5 Å². The summed E-state index contributed by atoms with van der Waals surface area (Å²) in [6, 6.07) is 57.0. The topological polar surface area (TPSA) is 366 Å². The molecule has 4 aliphatic heterocycles. The summed E-state index contributed by atoms with van der Waals surface area (Å²) < 4.78 is 52.7. The molecule has 26 nitrogen and oxygen atoms in total. The van der Waals surface area contributed by atoms with Crippen molar-refractivity contribution < 1.29 is 71.6 Å². The molecular weight excluding hydrogens is 1550 g/mol. The number of aldehydes is 1. The number of rotatable bonds is 19. The van der Waals surface area contributed by atoms with Gasteiger partial charge in [0.05, 0.1) is 93.4 Å². The molecule has 30 heteroatoms. The van der Waals surface area contributed by atoms with Gasteiger partial charge in [-0.2, -0.15) is 0 Å². The Hall–Kier alpha value is -14.5. The van der Waals surface area contributed by atoms with Gasteiger partial charge in [0.1, 0.15) is 46.6 Å². The van der Waals surface area contributed by atoms with E-state index >= 15 is 0 Å². The third-order valence-corrected chi connectivity index (χ3v) is 20.8. The molecule has 4 aliphatic rings. The van der Waals surface area contributed by atoms with Crippen molar-refractivity contribution in [3.8, 4) is 45.0 Å². The van der Waals surface area contributed by atoms with Crippen LogP contribution in [0, 0.1) is 53.6 Å². The summed E-state index contributed by atoms with van der Waals surface area (Å²) in [5.41, 5.74) is 21.8. The number of pyridine rings is 4. The standard InChI is InChI=1S/C23H20FN3O4.C23H22FN3O2.C22H18FN3O4.C22H16FN3O4/c1-14(28)16-2-3-17-12-26(13-18(17)10-16)23(29)11-21-22(27(30)31)9-8-20(25-21)15-4-6-19(24)7-5-15;1-14(28)16-2-3-17-12-27(13-18(17)10-16)23(29)11-22-20(25)8-9-21(26-22)15-4-6-19(24)7-5-15;2*23-18-5-3-15(4-6-18)19-7-8-21(26(29)30)20(24-19)10-22(28)25-11-16-2-1-14(13-27)9-17(16)12-25/h2-10,14,28H,11-13H2,1H3;2-10,14,28H,11-13,25H2,1H3;1-9,27H,10-13H2;1-9,13H,10-12H2. The maximum absolute atomic E-state index is 13.2. The first-order valence-electron chi connectivity index (χ1n) is 37.8. The highest BCUT2D eigenvalue weighted by atomic mass is 19.1. The number of carbonyl (C=O) groups excluding carboxylic acids is 5. The van der Waals surface area contributed by atoms with Crippen LogP contribution < -0.4 is 5.73 Å². The Morgan fingerprint density at radius 1 is 0.383 bits per heavy atom. The average molecular weight is 1630 g/mol. The second-order valence-corrected chi connectivity index (χ2v) is 29.0. The minimum absolute atomic E-state index is 0.0522. The average Bonchev–Trinajstić information content (AvgIpc) is 1.66. The van der Waals surface area contributed by atoms with E-state index in [4.69, 9.17) is 5.73 Å². The first-order chi connectivity index (χ1) is 57.6. The van der Waals surface area contributed by atoms with Crippen molar-refractivity contribution in [1.82, 2.24) is 39.5 Å². The predicted molar refractivity (Wildman–Crippen MR) is 433 cm³/mol. The smallest absolute Gasteiger partial charge is 0.291 e. The summed E-state index contributed by atoms with van der Waals surface area (Å²) in [6.07, 6.45) is -0.967. The lowest BCUT2D eigenvalue weighted by molar-refractivity contribution is -0.386. The number of anilines is 1. The van der Waals surface area contributed by atoms with Crippen LogP contribution in [0.3, 0.4) is 0 Å². The van der Waals surface area contributed by atoms with Crippen molar-refractivity contribution in [3.05, 3.63) is 362 Å². The first-order valence-corrected chi connectivity index (χ1v) is 37.8. The number of aliphatic hydroxyl groups is 3. The number of nitrogens with two attached hydrogens (primary N) is 1. The van der Waals surface area contributed by atoms with Crippen LogP contribution >= 0.6 is 0 Å². The number of benzene rings is 8. The molecule has 120 heavy (non-hydrogen) atoms. The van der Waals surface area contributed by atoms with Gasteiger partial charge in [0, 0.05) is 98.4 Å².